The van der Waals surface area contributed by atoms with Crippen molar-refractivity contribution in [2.45, 2.75) is 70.6 Å². The lowest BCUT2D eigenvalue weighted by atomic mass is 9.71. The van der Waals surface area contributed by atoms with Crippen LogP contribution in [0.3, 0.4) is 0 Å². The summed E-state index contributed by atoms with van der Waals surface area (Å²) in [6.45, 7) is 10.4. The molecule has 0 radical (unpaired) electrons. The Kier molecular flexibility index (Phi) is 5.50. The number of hydrogen-bond acceptors (Lipinski definition) is 6. The Hall–Kier alpha value is -1.63. The van der Waals surface area contributed by atoms with Gasteiger partial charge in [0.25, 0.3) is 0 Å². The van der Waals surface area contributed by atoms with E-state index in [1.807, 2.05) is 6.92 Å². The van der Waals surface area contributed by atoms with Gasteiger partial charge in [-0.25, -0.2) is 4.98 Å². The maximum absolute atomic E-state index is 5.94. The first kappa shape index (κ1) is 20.3. The van der Waals surface area contributed by atoms with Crippen LogP contribution in [0.4, 0.5) is 0 Å². The average Bonchev–Trinajstić information content (AvgIpc) is 3.42. The van der Waals surface area contributed by atoms with Gasteiger partial charge in [-0.15, -0.1) is 11.3 Å². The number of thiazole rings is 1. The number of nitrogens with zero attached hydrogens (tertiary/aromatic N) is 2. The summed E-state index contributed by atoms with van der Waals surface area (Å²) in [5, 5.41) is 3.28. The Morgan fingerprint density at radius 1 is 1.23 bits per heavy atom. The molecule has 162 valence electrons. The molecule has 30 heavy (non-hydrogen) atoms. The van der Waals surface area contributed by atoms with E-state index in [4.69, 9.17) is 19.2 Å². The molecule has 1 aliphatic carbocycles. The summed E-state index contributed by atoms with van der Waals surface area (Å²) >= 11 is 1.72. The van der Waals surface area contributed by atoms with E-state index in [1.54, 1.807) is 11.3 Å². The van der Waals surface area contributed by atoms with Crippen LogP contribution in [0.1, 0.15) is 80.4 Å². The third kappa shape index (κ3) is 3.53. The van der Waals surface area contributed by atoms with Crippen molar-refractivity contribution in [3.63, 3.8) is 0 Å². The van der Waals surface area contributed by atoms with Gasteiger partial charge in [-0.3, -0.25) is 4.90 Å². The highest BCUT2D eigenvalue weighted by Crippen LogP contribution is 2.52. The van der Waals surface area contributed by atoms with E-state index in [-0.39, 0.29) is 11.5 Å². The van der Waals surface area contributed by atoms with Crippen molar-refractivity contribution in [1.29, 1.82) is 0 Å². The number of fused-ring (bicyclic) bond motifs is 3. The molecule has 1 aromatic heterocycles. The molecule has 0 amide bonds. The predicted octanol–water partition coefficient (Wildman–Crippen LogP) is 5.40. The lowest BCUT2D eigenvalue weighted by Crippen LogP contribution is -2.45. The Balaban J connectivity index is 1.45. The highest BCUT2D eigenvalue weighted by Gasteiger charge is 2.45. The summed E-state index contributed by atoms with van der Waals surface area (Å²) in [5.41, 5.74) is 4.29. The van der Waals surface area contributed by atoms with Crippen LogP contribution >= 0.6 is 11.3 Å². The summed E-state index contributed by atoms with van der Waals surface area (Å²) in [6.07, 6.45) is 5.20. The van der Waals surface area contributed by atoms with Crippen molar-refractivity contribution in [2.75, 3.05) is 26.4 Å². The average molecular weight is 429 g/mol. The van der Waals surface area contributed by atoms with Crippen LogP contribution in [-0.2, 0) is 16.7 Å². The third-order valence-corrected chi connectivity index (χ3v) is 8.10. The number of hydrogen-bond donors (Lipinski definition) is 0. The minimum atomic E-state index is 0.0677. The molecule has 2 aliphatic heterocycles. The maximum atomic E-state index is 5.94. The van der Waals surface area contributed by atoms with E-state index in [2.05, 4.69) is 36.3 Å². The lowest BCUT2D eigenvalue weighted by molar-refractivity contribution is 0.0757. The molecule has 0 N–H and O–H groups in total. The molecule has 2 aromatic rings. The summed E-state index contributed by atoms with van der Waals surface area (Å²) in [5.74, 6) is 1.84. The molecule has 2 unspecified atom stereocenters. The zero-order chi connectivity index (χ0) is 20.7. The van der Waals surface area contributed by atoms with Gasteiger partial charge in [0.2, 0.25) is 0 Å². The van der Waals surface area contributed by atoms with Crippen molar-refractivity contribution >= 4 is 11.3 Å². The molecular formula is C24H32N2O3S. The van der Waals surface area contributed by atoms with Crippen molar-refractivity contribution in [1.82, 2.24) is 9.88 Å². The van der Waals surface area contributed by atoms with Crippen LogP contribution in [0, 0.1) is 0 Å². The molecule has 3 heterocycles. The molecule has 5 rings (SSSR count). The molecule has 1 fully saturated rings. The van der Waals surface area contributed by atoms with Gasteiger partial charge in [0.1, 0.15) is 24.3 Å². The molecule has 1 spiro atoms. The zero-order valence-electron chi connectivity index (χ0n) is 18.3. The summed E-state index contributed by atoms with van der Waals surface area (Å²) in [7, 11) is 0. The zero-order valence-corrected chi connectivity index (χ0v) is 19.1. The molecule has 0 bridgehead atoms. The van der Waals surface area contributed by atoms with E-state index in [1.165, 1.54) is 36.8 Å². The van der Waals surface area contributed by atoms with Crippen molar-refractivity contribution in [3.05, 3.63) is 39.3 Å². The first-order valence-electron chi connectivity index (χ1n) is 11.3. The van der Waals surface area contributed by atoms with Gasteiger partial charge in [-0.05, 0) is 56.9 Å². The van der Waals surface area contributed by atoms with Crippen LogP contribution in [0.5, 0.6) is 11.5 Å². The molecule has 1 saturated carbocycles. The van der Waals surface area contributed by atoms with E-state index in [0.29, 0.717) is 25.9 Å². The second-order valence-corrected chi connectivity index (χ2v) is 9.82. The number of rotatable bonds is 5. The Bertz CT molecular complexity index is 906. The van der Waals surface area contributed by atoms with Gasteiger partial charge in [-0.2, -0.15) is 0 Å². The van der Waals surface area contributed by atoms with Gasteiger partial charge in [0.15, 0.2) is 11.5 Å². The van der Waals surface area contributed by atoms with Gasteiger partial charge < -0.3 is 14.2 Å². The highest BCUT2D eigenvalue weighted by molar-refractivity contribution is 7.09. The van der Waals surface area contributed by atoms with Crippen molar-refractivity contribution in [2.24, 2.45) is 0 Å². The normalized spacial score (nSPS) is 23.5. The van der Waals surface area contributed by atoms with E-state index < -0.39 is 0 Å². The lowest BCUT2D eigenvalue weighted by Gasteiger charge is -2.46. The Morgan fingerprint density at radius 3 is 2.70 bits per heavy atom. The SMILES string of the molecule is CCOC(C)c1nc(CN2CC3(CCCC3)c3cc4c(cc3C2C)OCCO4)cs1. The molecule has 6 heteroatoms. The molecule has 3 aliphatic rings. The fourth-order valence-electron chi connectivity index (χ4n) is 5.50. The van der Waals surface area contributed by atoms with Gasteiger partial charge in [0.05, 0.1) is 5.69 Å². The first-order valence-corrected chi connectivity index (χ1v) is 12.2. The van der Waals surface area contributed by atoms with Crippen LogP contribution in [0.25, 0.3) is 0 Å². The topological polar surface area (TPSA) is 43.8 Å². The minimum absolute atomic E-state index is 0.0677. The van der Waals surface area contributed by atoms with E-state index >= 15 is 0 Å². The summed E-state index contributed by atoms with van der Waals surface area (Å²) in [4.78, 5) is 7.52. The number of aromatic nitrogens is 1. The molecule has 1 aromatic carbocycles. The number of ether oxygens (including phenoxy) is 3. The Labute approximate surface area is 183 Å². The first-order chi connectivity index (χ1) is 14.6. The molecular weight excluding hydrogens is 396 g/mol. The van der Waals surface area contributed by atoms with Gasteiger partial charge >= 0.3 is 0 Å². The Morgan fingerprint density at radius 2 is 1.97 bits per heavy atom. The number of benzene rings is 1. The van der Waals surface area contributed by atoms with Crippen molar-refractivity contribution in [3.8, 4) is 11.5 Å². The fourth-order valence-corrected chi connectivity index (χ4v) is 6.31. The predicted molar refractivity (Wildman–Crippen MR) is 119 cm³/mol. The van der Waals surface area contributed by atoms with Gasteiger partial charge in [0, 0.05) is 36.5 Å². The second kappa shape index (κ2) is 8.13. The van der Waals surface area contributed by atoms with Crippen LogP contribution < -0.4 is 9.47 Å². The highest BCUT2D eigenvalue weighted by atomic mass is 32.1. The van der Waals surface area contributed by atoms with E-state index in [9.17, 15) is 0 Å². The molecule has 5 nitrogen and oxygen atoms in total. The smallest absolute Gasteiger partial charge is 0.161 e. The summed E-state index contributed by atoms with van der Waals surface area (Å²) in [6, 6.07) is 4.88. The van der Waals surface area contributed by atoms with Crippen LogP contribution in [0.2, 0.25) is 0 Å². The quantitative estimate of drug-likeness (QED) is 0.638. The molecule has 2 atom stereocenters. The minimum Gasteiger partial charge on any atom is -0.486 e. The van der Waals surface area contributed by atoms with Gasteiger partial charge in [-0.1, -0.05) is 12.8 Å². The third-order valence-electron chi connectivity index (χ3n) is 7.05. The molecule has 0 saturated heterocycles. The largest absolute Gasteiger partial charge is 0.486 e. The fraction of sp³-hybridized carbons (Fsp3) is 0.625. The monoisotopic (exact) mass is 428 g/mol. The van der Waals surface area contributed by atoms with E-state index in [0.717, 1.165) is 35.3 Å². The van der Waals surface area contributed by atoms with Crippen LogP contribution in [0.15, 0.2) is 17.5 Å². The summed E-state index contributed by atoms with van der Waals surface area (Å²) < 4.78 is 17.6. The van der Waals surface area contributed by atoms with Crippen molar-refractivity contribution < 1.29 is 14.2 Å². The maximum Gasteiger partial charge on any atom is 0.161 e. The van der Waals surface area contributed by atoms with Crippen LogP contribution in [-0.4, -0.2) is 36.2 Å². The standard InChI is InChI=1S/C24H32N2O3S/c1-4-27-17(3)23-25-18(14-30-23)13-26-15-24(7-5-6-8-24)20-12-22-21(28-9-10-29-22)11-19(20)16(26)2/h11-12,14,16-17H,4-10,13,15H2,1-3H3. The second-order valence-electron chi connectivity index (χ2n) is 8.93.